The van der Waals surface area contributed by atoms with Gasteiger partial charge in [-0.25, -0.2) is 8.78 Å². The van der Waals surface area contributed by atoms with E-state index in [-0.39, 0.29) is 35.5 Å². The summed E-state index contributed by atoms with van der Waals surface area (Å²) < 4.78 is 57.4. The lowest BCUT2D eigenvalue weighted by atomic mass is 9.91. The van der Waals surface area contributed by atoms with Crippen LogP contribution in [0.15, 0.2) is 30.3 Å². The van der Waals surface area contributed by atoms with Crippen LogP contribution in [-0.4, -0.2) is 26.9 Å². The van der Waals surface area contributed by atoms with Gasteiger partial charge in [-0.2, -0.15) is 4.39 Å². The second kappa shape index (κ2) is 8.36. The fraction of sp³-hybridized carbons (Fsp3) is 0.333. The lowest BCUT2D eigenvalue weighted by molar-refractivity contribution is 0.0374. The molecule has 27 heavy (non-hydrogen) atoms. The van der Waals surface area contributed by atoms with E-state index in [1.54, 1.807) is 12.1 Å². The molecule has 0 spiro atoms. The number of methoxy groups -OCH3 is 2. The molecular weight excluding hydrogens is 357 g/mol. The highest BCUT2D eigenvalue weighted by molar-refractivity contribution is 5.40. The maximum atomic E-state index is 14.2. The van der Waals surface area contributed by atoms with Gasteiger partial charge in [0.25, 0.3) is 0 Å². The van der Waals surface area contributed by atoms with E-state index in [9.17, 15) is 13.2 Å². The molecule has 2 atom stereocenters. The predicted molar refractivity (Wildman–Crippen MR) is 94.5 cm³/mol. The van der Waals surface area contributed by atoms with Gasteiger partial charge in [0, 0.05) is 12.0 Å². The molecule has 6 heteroatoms. The van der Waals surface area contributed by atoms with Gasteiger partial charge in [-0.15, -0.1) is 0 Å². The summed E-state index contributed by atoms with van der Waals surface area (Å²) in [6, 6.07) is 7.37. The molecule has 0 saturated carbocycles. The van der Waals surface area contributed by atoms with E-state index in [1.165, 1.54) is 32.4 Å². The van der Waals surface area contributed by atoms with Crippen molar-refractivity contribution in [2.24, 2.45) is 0 Å². The van der Waals surface area contributed by atoms with Crippen LogP contribution >= 0.6 is 0 Å². The van der Waals surface area contributed by atoms with Crippen molar-refractivity contribution in [3.05, 3.63) is 58.9 Å². The molecule has 1 aliphatic heterocycles. The zero-order chi connectivity index (χ0) is 19.4. The average molecular weight is 376 g/mol. The number of rotatable bonds is 3. The van der Waals surface area contributed by atoms with Crippen molar-refractivity contribution in [2.75, 3.05) is 20.8 Å². The van der Waals surface area contributed by atoms with Crippen LogP contribution in [0, 0.1) is 29.3 Å². The molecule has 0 N–H and O–H groups in total. The Bertz CT molecular complexity index is 878. The molecule has 2 aromatic carbocycles. The minimum atomic E-state index is -0.994. The van der Waals surface area contributed by atoms with Crippen LogP contribution < -0.4 is 9.47 Å². The topological polar surface area (TPSA) is 27.7 Å². The maximum absolute atomic E-state index is 14.2. The van der Waals surface area contributed by atoms with Crippen LogP contribution in [-0.2, 0) is 4.74 Å². The minimum absolute atomic E-state index is 0.127. The Balaban J connectivity index is 1.66. The largest absolute Gasteiger partial charge is 0.497 e. The van der Waals surface area contributed by atoms with E-state index < -0.39 is 17.5 Å². The van der Waals surface area contributed by atoms with E-state index in [4.69, 9.17) is 14.2 Å². The van der Waals surface area contributed by atoms with Gasteiger partial charge in [0.05, 0.1) is 26.4 Å². The van der Waals surface area contributed by atoms with E-state index in [0.717, 1.165) is 0 Å². The van der Waals surface area contributed by atoms with Gasteiger partial charge < -0.3 is 14.2 Å². The molecule has 1 aliphatic rings. The number of ether oxygens (including phenoxy) is 3. The van der Waals surface area contributed by atoms with Crippen LogP contribution in [0.3, 0.4) is 0 Å². The molecular formula is C21H19F3O3. The Labute approximate surface area is 156 Å². The third kappa shape index (κ3) is 4.20. The molecule has 1 saturated heterocycles. The van der Waals surface area contributed by atoms with Crippen molar-refractivity contribution in [2.45, 2.75) is 24.9 Å². The molecule has 0 radical (unpaired) electrons. The molecule has 2 aromatic rings. The van der Waals surface area contributed by atoms with Crippen molar-refractivity contribution in [1.82, 2.24) is 0 Å². The SMILES string of the molecule is COc1ccc(C#CC2CCC(c3ccc(OC)c(F)c3F)CO2)c(F)c1. The smallest absolute Gasteiger partial charge is 0.200 e. The molecule has 0 amide bonds. The number of halogens is 3. The summed E-state index contributed by atoms with van der Waals surface area (Å²) in [6.07, 6.45) is 0.754. The normalized spacial score (nSPS) is 19.1. The molecule has 3 nitrogen and oxygen atoms in total. The van der Waals surface area contributed by atoms with Crippen molar-refractivity contribution in [3.63, 3.8) is 0 Å². The van der Waals surface area contributed by atoms with Crippen LogP contribution in [0.25, 0.3) is 0 Å². The minimum Gasteiger partial charge on any atom is -0.497 e. The van der Waals surface area contributed by atoms with Crippen molar-refractivity contribution in [1.29, 1.82) is 0 Å². The van der Waals surface area contributed by atoms with Gasteiger partial charge in [0.2, 0.25) is 5.82 Å². The first-order valence-electron chi connectivity index (χ1n) is 8.52. The van der Waals surface area contributed by atoms with Gasteiger partial charge in [-0.05, 0) is 36.6 Å². The third-order valence-electron chi connectivity index (χ3n) is 4.56. The highest BCUT2D eigenvalue weighted by Gasteiger charge is 2.26. The Hall–Kier alpha value is -2.65. The summed E-state index contributed by atoms with van der Waals surface area (Å²) >= 11 is 0. The summed E-state index contributed by atoms with van der Waals surface area (Å²) in [5.41, 5.74) is 0.519. The molecule has 1 heterocycles. The predicted octanol–water partition coefficient (Wildman–Crippen LogP) is 4.44. The summed E-state index contributed by atoms with van der Waals surface area (Å²) in [4.78, 5) is 0. The Kier molecular flexibility index (Phi) is 5.92. The lowest BCUT2D eigenvalue weighted by Crippen LogP contribution is -2.24. The molecule has 1 fully saturated rings. The average Bonchev–Trinajstić information content (AvgIpc) is 2.69. The molecule has 0 aromatic heterocycles. The second-order valence-electron chi connectivity index (χ2n) is 6.20. The first-order valence-corrected chi connectivity index (χ1v) is 8.52. The van der Waals surface area contributed by atoms with E-state index >= 15 is 0 Å². The highest BCUT2D eigenvalue weighted by atomic mass is 19.2. The first-order chi connectivity index (χ1) is 13.0. The summed E-state index contributed by atoms with van der Waals surface area (Å²) in [6.45, 7) is 0.215. The van der Waals surface area contributed by atoms with Crippen LogP contribution in [0.2, 0.25) is 0 Å². The van der Waals surface area contributed by atoms with Crippen molar-refractivity contribution >= 4 is 0 Å². The second-order valence-corrected chi connectivity index (χ2v) is 6.20. The molecule has 2 unspecified atom stereocenters. The van der Waals surface area contributed by atoms with Crippen LogP contribution in [0.1, 0.15) is 29.9 Å². The molecule has 3 rings (SSSR count). The zero-order valence-corrected chi connectivity index (χ0v) is 15.0. The zero-order valence-electron chi connectivity index (χ0n) is 15.0. The number of hydrogen-bond acceptors (Lipinski definition) is 3. The first kappa shape index (κ1) is 19.1. The molecule has 142 valence electrons. The van der Waals surface area contributed by atoms with Gasteiger partial charge >= 0.3 is 0 Å². The standard InChI is InChI=1S/C21H19F3O3/c1-25-16-8-4-13(18(22)11-16)3-6-15-7-5-14(12-27-15)17-9-10-19(26-2)21(24)20(17)23/h4,8-11,14-15H,5,7,12H2,1-2H3. The van der Waals surface area contributed by atoms with Crippen LogP contribution in [0.4, 0.5) is 13.2 Å². The fourth-order valence-corrected chi connectivity index (χ4v) is 3.01. The Morgan fingerprint density at radius 2 is 1.81 bits per heavy atom. The van der Waals surface area contributed by atoms with Gasteiger partial charge in [-0.1, -0.05) is 17.9 Å². The Morgan fingerprint density at radius 1 is 1.00 bits per heavy atom. The van der Waals surface area contributed by atoms with Gasteiger partial charge in [0.15, 0.2) is 11.6 Å². The quantitative estimate of drug-likeness (QED) is 0.742. The molecule has 0 bridgehead atoms. The highest BCUT2D eigenvalue weighted by Crippen LogP contribution is 2.33. The lowest BCUT2D eigenvalue weighted by Gasteiger charge is -2.27. The number of benzene rings is 2. The van der Waals surface area contributed by atoms with Gasteiger partial charge in [0.1, 0.15) is 17.7 Å². The molecule has 0 aliphatic carbocycles. The van der Waals surface area contributed by atoms with Crippen molar-refractivity contribution < 1.29 is 27.4 Å². The third-order valence-corrected chi connectivity index (χ3v) is 4.56. The summed E-state index contributed by atoms with van der Waals surface area (Å²) in [5.74, 6) is 3.32. The maximum Gasteiger partial charge on any atom is 0.200 e. The van der Waals surface area contributed by atoms with Gasteiger partial charge in [-0.3, -0.25) is 0 Å². The summed E-state index contributed by atoms with van der Waals surface area (Å²) in [5, 5.41) is 0. The number of hydrogen-bond donors (Lipinski definition) is 0. The van der Waals surface area contributed by atoms with Crippen LogP contribution in [0.5, 0.6) is 11.5 Å². The summed E-state index contributed by atoms with van der Waals surface area (Å²) in [7, 11) is 2.75. The fourth-order valence-electron chi connectivity index (χ4n) is 3.01. The van der Waals surface area contributed by atoms with E-state index in [0.29, 0.717) is 18.6 Å². The monoisotopic (exact) mass is 376 g/mol. The Morgan fingerprint density at radius 3 is 2.44 bits per heavy atom. The van der Waals surface area contributed by atoms with Crippen molar-refractivity contribution in [3.8, 4) is 23.3 Å². The van der Waals surface area contributed by atoms with E-state index in [1.807, 2.05) is 0 Å². The van der Waals surface area contributed by atoms with E-state index in [2.05, 4.69) is 11.8 Å².